The zero-order chi connectivity index (χ0) is 15.0. The van der Waals surface area contributed by atoms with Crippen LogP contribution in [0.4, 0.5) is 13.2 Å². The van der Waals surface area contributed by atoms with E-state index in [9.17, 15) is 18.0 Å². The van der Waals surface area contributed by atoms with Crippen LogP contribution >= 0.6 is 0 Å². The minimum absolute atomic E-state index is 0.127. The third kappa shape index (κ3) is 2.76. The van der Waals surface area contributed by atoms with Crippen LogP contribution < -0.4 is 0 Å². The average Bonchev–Trinajstić information content (AvgIpc) is 3.02. The van der Waals surface area contributed by atoms with Gasteiger partial charge in [-0.3, -0.25) is 9.48 Å². The fourth-order valence-corrected chi connectivity index (χ4v) is 2.91. The summed E-state index contributed by atoms with van der Waals surface area (Å²) in [7, 11) is 0. The van der Waals surface area contributed by atoms with Gasteiger partial charge in [0.15, 0.2) is 5.69 Å². The van der Waals surface area contributed by atoms with E-state index in [2.05, 4.69) is 5.10 Å². The molecule has 1 aliphatic heterocycles. The van der Waals surface area contributed by atoms with Gasteiger partial charge in [0.1, 0.15) is 6.54 Å². The minimum Gasteiger partial charge on any atom is -0.378 e. The predicted octanol–water partition coefficient (Wildman–Crippen LogP) is 1.25. The first-order valence-electron chi connectivity index (χ1n) is 6.98. The Bertz CT molecular complexity index is 548. The number of rotatable bonds is 2. The van der Waals surface area contributed by atoms with Gasteiger partial charge in [-0.1, -0.05) is 0 Å². The lowest BCUT2D eigenvalue weighted by molar-refractivity contribution is -0.143. The van der Waals surface area contributed by atoms with E-state index >= 15 is 0 Å². The summed E-state index contributed by atoms with van der Waals surface area (Å²) in [6, 6.07) is 0. The van der Waals surface area contributed by atoms with Gasteiger partial charge in [-0.25, -0.2) is 0 Å². The summed E-state index contributed by atoms with van der Waals surface area (Å²) in [6.45, 7) is 1.77. The highest BCUT2D eigenvalue weighted by molar-refractivity contribution is 5.76. The lowest BCUT2D eigenvalue weighted by Gasteiger charge is -2.27. The third-order valence-corrected chi connectivity index (χ3v) is 3.92. The normalized spacial score (nSPS) is 18.9. The van der Waals surface area contributed by atoms with Crippen molar-refractivity contribution < 1.29 is 22.7 Å². The van der Waals surface area contributed by atoms with E-state index in [0.29, 0.717) is 51.3 Å². The molecule has 0 aromatic carbocycles. The summed E-state index contributed by atoms with van der Waals surface area (Å²) in [6.07, 6.45) is -2.84. The van der Waals surface area contributed by atoms with Gasteiger partial charge in [0.2, 0.25) is 5.91 Å². The van der Waals surface area contributed by atoms with E-state index in [1.54, 1.807) is 4.90 Å². The van der Waals surface area contributed by atoms with Crippen molar-refractivity contribution in [2.24, 2.45) is 0 Å². The zero-order valence-electron chi connectivity index (χ0n) is 11.4. The van der Waals surface area contributed by atoms with Crippen molar-refractivity contribution in [3.63, 3.8) is 0 Å². The first-order valence-corrected chi connectivity index (χ1v) is 6.98. The number of nitrogens with zero attached hydrogens (tertiary/aromatic N) is 3. The molecule has 3 rings (SSSR count). The van der Waals surface area contributed by atoms with Crippen molar-refractivity contribution >= 4 is 5.91 Å². The van der Waals surface area contributed by atoms with E-state index in [4.69, 9.17) is 4.74 Å². The van der Waals surface area contributed by atoms with Crippen molar-refractivity contribution in [2.75, 3.05) is 26.3 Å². The largest absolute Gasteiger partial charge is 0.435 e. The Morgan fingerprint density at radius 1 is 1.24 bits per heavy atom. The van der Waals surface area contributed by atoms with Gasteiger partial charge in [-0.2, -0.15) is 18.3 Å². The summed E-state index contributed by atoms with van der Waals surface area (Å²) in [4.78, 5) is 13.8. The van der Waals surface area contributed by atoms with Crippen LogP contribution in [0.2, 0.25) is 0 Å². The molecule has 1 aromatic heterocycles. The van der Waals surface area contributed by atoms with Gasteiger partial charge >= 0.3 is 6.18 Å². The van der Waals surface area contributed by atoms with Crippen LogP contribution in [0, 0.1) is 0 Å². The molecule has 0 unspecified atom stereocenters. The third-order valence-electron chi connectivity index (χ3n) is 3.92. The summed E-state index contributed by atoms with van der Waals surface area (Å²) < 4.78 is 45.3. The quantitative estimate of drug-likeness (QED) is 0.826. The Kier molecular flexibility index (Phi) is 3.64. The second-order valence-corrected chi connectivity index (χ2v) is 5.28. The molecule has 0 N–H and O–H groups in total. The van der Waals surface area contributed by atoms with Gasteiger partial charge in [-0.15, -0.1) is 0 Å². The van der Waals surface area contributed by atoms with Crippen LogP contribution in [0.3, 0.4) is 0 Å². The van der Waals surface area contributed by atoms with E-state index < -0.39 is 11.9 Å². The molecule has 1 aliphatic carbocycles. The van der Waals surface area contributed by atoms with Crippen molar-refractivity contribution in [2.45, 2.75) is 32.0 Å². The Morgan fingerprint density at radius 3 is 2.62 bits per heavy atom. The van der Waals surface area contributed by atoms with Crippen LogP contribution in [0.15, 0.2) is 0 Å². The number of halogens is 3. The summed E-state index contributed by atoms with van der Waals surface area (Å²) >= 11 is 0. The molecular weight excluding hydrogens is 287 g/mol. The van der Waals surface area contributed by atoms with Crippen LogP contribution in [0.1, 0.15) is 23.4 Å². The van der Waals surface area contributed by atoms with Gasteiger partial charge < -0.3 is 9.64 Å². The van der Waals surface area contributed by atoms with E-state index in [1.165, 1.54) is 4.68 Å². The van der Waals surface area contributed by atoms with E-state index in [-0.39, 0.29) is 18.0 Å². The molecule has 0 bridgehead atoms. The van der Waals surface area contributed by atoms with Gasteiger partial charge in [0, 0.05) is 24.3 Å². The number of carbonyl (C=O) groups is 1. The molecule has 0 spiro atoms. The molecule has 1 fully saturated rings. The molecule has 5 nitrogen and oxygen atoms in total. The number of ether oxygens (including phenoxy) is 1. The van der Waals surface area contributed by atoms with Crippen molar-refractivity contribution in [1.82, 2.24) is 14.7 Å². The molecule has 0 atom stereocenters. The summed E-state index contributed by atoms with van der Waals surface area (Å²) in [5, 5.41) is 3.65. The van der Waals surface area contributed by atoms with Crippen LogP contribution in [0.5, 0.6) is 0 Å². The number of carbonyl (C=O) groups excluding carboxylic acids is 1. The molecule has 21 heavy (non-hydrogen) atoms. The Morgan fingerprint density at radius 2 is 1.95 bits per heavy atom. The molecule has 116 valence electrons. The van der Waals surface area contributed by atoms with Crippen LogP contribution in [0.25, 0.3) is 0 Å². The van der Waals surface area contributed by atoms with E-state index in [1.807, 2.05) is 0 Å². The standard InChI is InChI=1S/C13H16F3N3O2/c14-13(15,16)12-9-2-1-3-10(9)19(17-12)8-11(20)18-4-6-21-7-5-18/h1-8H2. The number of hydrogen-bond donors (Lipinski definition) is 0. The van der Waals surface area contributed by atoms with Crippen molar-refractivity contribution in [3.05, 3.63) is 17.0 Å². The van der Waals surface area contributed by atoms with E-state index in [0.717, 1.165) is 0 Å². The van der Waals surface area contributed by atoms with Gasteiger partial charge in [-0.05, 0) is 19.3 Å². The fourth-order valence-electron chi connectivity index (χ4n) is 2.91. The number of aromatic nitrogens is 2. The maximum atomic E-state index is 13.0. The predicted molar refractivity (Wildman–Crippen MR) is 66.7 cm³/mol. The molecule has 1 aromatic rings. The Labute approximate surface area is 119 Å². The first-order chi connectivity index (χ1) is 9.97. The van der Waals surface area contributed by atoms with Crippen molar-refractivity contribution in [1.29, 1.82) is 0 Å². The number of morpholine rings is 1. The molecule has 0 radical (unpaired) electrons. The number of fused-ring (bicyclic) bond motifs is 1. The monoisotopic (exact) mass is 303 g/mol. The second-order valence-electron chi connectivity index (χ2n) is 5.28. The summed E-state index contributed by atoms with van der Waals surface area (Å²) in [5.41, 5.74) is -0.00834. The highest BCUT2D eigenvalue weighted by Gasteiger charge is 2.40. The number of amides is 1. The number of alkyl halides is 3. The average molecular weight is 303 g/mol. The first kappa shape index (κ1) is 14.4. The molecular formula is C13H16F3N3O2. The second kappa shape index (κ2) is 5.32. The van der Waals surface area contributed by atoms with Crippen LogP contribution in [-0.2, 0) is 35.1 Å². The molecule has 0 saturated carbocycles. The maximum absolute atomic E-state index is 13.0. The van der Waals surface area contributed by atoms with Crippen molar-refractivity contribution in [3.8, 4) is 0 Å². The smallest absolute Gasteiger partial charge is 0.378 e. The zero-order valence-corrected chi connectivity index (χ0v) is 11.4. The minimum atomic E-state index is -4.46. The van der Waals surface area contributed by atoms with Gasteiger partial charge in [0.05, 0.1) is 13.2 Å². The lowest BCUT2D eigenvalue weighted by Crippen LogP contribution is -2.42. The highest BCUT2D eigenvalue weighted by atomic mass is 19.4. The fraction of sp³-hybridized carbons (Fsp3) is 0.692. The molecule has 8 heteroatoms. The number of hydrogen-bond acceptors (Lipinski definition) is 3. The van der Waals surface area contributed by atoms with Crippen LogP contribution in [-0.4, -0.2) is 46.9 Å². The topological polar surface area (TPSA) is 47.4 Å². The highest BCUT2D eigenvalue weighted by Crippen LogP contribution is 2.36. The maximum Gasteiger partial charge on any atom is 0.435 e. The molecule has 1 amide bonds. The molecule has 1 saturated heterocycles. The lowest BCUT2D eigenvalue weighted by atomic mass is 10.2. The molecule has 2 aliphatic rings. The Hall–Kier alpha value is -1.57. The van der Waals surface area contributed by atoms with Gasteiger partial charge in [0.25, 0.3) is 0 Å². The Balaban J connectivity index is 1.81. The molecule has 2 heterocycles. The SMILES string of the molecule is O=C(Cn1nc(C(F)(F)F)c2c1CCC2)N1CCOCC1. The summed E-state index contributed by atoms with van der Waals surface area (Å²) in [5.74, 6) is -0.204.